The normalized spacial score (nSPS) is 10.7. The van der Waals surface area contributed by atoms with E-state index in [4.69, 9.17) is 9.47 Å². The first-order valence-corrected chi connectivity index (χ1v) is 13.1. The van der Waals surface area contributed by atoms with Crippen LogP contribution < -0.4 is 5.32 Å². The summed E-state index contributed by atoms with van der Waals surface area (Å²) in [5, 5.41) is 12.2. The number of nitrogens with zero attached hydrogens (tertiary/aromatic N) is 3. The molecule has 2 heterocycles. The lowest BCUT2D eigenvalue weighted by Gasteiger charge is -2.08. The van der Waals surface area contributed by atoms with Gasteiger partial charge in [-0.05, 0) is 38.8 Å². The van der Waals surface area contributed by atoms with E-state index in [9.17, 15) is 14.4 Å². The number of benzene rings is 1. The lowest BCUT2D eigenvalue weighted by atomic mass is 10.1. The van der Waals surface area contributed by atoms with Crippen molar-refractivity contribution in [2.45, 2.75) is 45.8 Å². The Bertz CT molecular complexity index is 1190. The molecule has 0 spiro atoms. The highest BCUT2D eigenvalue weighted by Crippen LogP contribution is 2.34. The number of thiophene rings is 1. The molecule has 3 aromatic rings. The molecule has 0 unspecified atom stereocenters. The molecule has 0 bridgehead atoms. The maximum Gasteiger partial charge on any atom is 0.348 e. The van der Waals surface area contributed by atoms with Gasteiger partial charge in [0.05, 0.1) is 24.5 Å². The smallest absolute Gasteiger partial charge is 0.348 e. The van der Waals surface area contributed by atoms with Gasteiger partial charge < -0.3 is 19.4 Å². The number of thioether (sulfide) groups is 1. The Balaban J connectivity index is 1.73. The molecule has 35 heavy (non-hydrogen) atoms. The second-order valence-corrected chi connectivity index (χ2v) is 9.31. The van der Waals surface area contributed by atoms with E-state index >= 15 is 0 Å². The molecule has 186 valence electrons. The summed E-state index contributed by atoms with van der Waals surface area (Å²) in [6.45, 7) is 8.07. The fourth-order valence-electron chi connectivity index (χ4n) is 3.39. The van der Waals surface area contributed by atoms with Gasteiger partial charge in [0.1, 0.15) is 15.7 Å². The van der Waals surface area contributed by atoms with Gasteiger partial charge in [-0.3, -0.25) is 4.79 Å². The predicted molar refractivity (Wildman–Crippen MR) is 135 cm³/mol. The number of nitrogens with one attached hydrogen (secondary N) is 1. The number of hydrogen-bond donors (Lipinski definition) is 1. The number of carbonyl (C=O) groups is 3. The van der Waals surface area contributed by atoms with Crippen molar-refractivity contribution in [2.24, 2.45) is 0 Å². The Kier molecular flexibility index (Phi) is 9.44. The van der Waals surface area contributed by atoms with E-state index in [0.717, 1.165) is 22.7 Å². The maximum absolute atomic E-state index is 12.8. The average molecular weight is 517 g/mol. The molecule has 0 aliphatic rings. The van der Waals surface area contributed by atoms with Crippen LogP contribution >= 0.6 is 23.1 Å². The topological polar surface area (TPSA) is 112 Å². The van der Waals surface area contributed by atoms with Gasteiger partial charge in [-0.15, -0.1) is 21.5 Å². The number of hydrogen-bond acceptors (Lipinski definition) is 9. The summed E-state index contributed by atoms with van der Waals surface area (Å²) in [6, 6.07) is 9.98. The average Bonchev–Trinajstić information content (AvgIpc) is 3.38. The molecule has 0 saturated heterocycles. The number of aromatic nitrogens is 3. The van der Waals surface area contributed by atoms with Crippen LogP contribution in [0.3, 0.4) is 0 Å². The van der Waals surface area contributed by atoms with Crippen molar-refractivity contribution in [1.29, 1.82) is 0 Å². The highest BCUT2D eigenvalue weighted by molar-refractivity contribution is 7.99. The van der Waals surface area contributed by atoms with Crippen LogP contribution in [-0.2, 0) is 27.2 Å². The Morgan fingerprint density at radius 2 is 1.71 bits per heavy atom. The van der Waals surface area contributed by atoms with Gasteiger partial charge in [0, 0.05) is 13.0 Å². The van der Waals surface area contributed by atoms with Crippen molar-refractivity contribution in [3.63, 3.8) is 0 Å². The molecule has 0 atom stereocenters. The summed E-state index contributed by atoms with van der Waals surface area (Å²) in [7, 11) is 0. The van der Waals surface area contributed by atoms with Crippen LogP contribution in [0.2, 0.25) is 0 Å². The van der Waals surface area contributed by atoms with Crippen LogP contribution in [-0.4, -0.2) is 51.6 Å². The number of esters is 2. The van der Waals surface area contributed by atoms with E-state index < -0.39 is 11.9 Å². The molecule has 0 fully saturated rings. The molecule has 0 radical (unpaired) electrons. The van der Waals surface area contributed by atoms with Crippen LogP contribution in [0, 0.1) is 6.92 Å². The molecular weight excluding hydrogens is 488 g/mol. The zero-order chi connectivity index (χ0) is 25.4. The third-order valence-electron chi connectivity index (χ3n) is 4.99. The quantitative estimate of drug-likeness (QED) is 0.296. The number of ether oxygens (including phenoxy) is 2. The molecule has 9 nitrogen and oxygen atoms in total. The van der Waals surface area contributed by atoms with Gasteiger partial charge in [0.2, 0.25) is 5.91 Å². The summed E-state index contributed by atoms with van der Waals surface area (Å²) >= 11 is 2.26. The second kappa shape index (κ2) is 12.5. The fourth-order valence-corrected chi connectivity index (χ4v) is 5.31. The first kappa shape index (κ1) is 26.4. The van der Waals surface area contributed by atoms with E-state index in [1.807, 2.05) is 41.8 Å². The van der Waals surface area contributed by atoms with Gasteiger partial charge >= 0.3 is 11.9 Å². The Labute approximate surface area is 212 Å². The molecule has 2 aromatic heterocycles. The summed E-state index contributed by atoms with van der Waals surface area (Å²) in [4.78, 5) is 37.9. The second-order valence-electron chi connectivity index (χ2n) is 7.34. The zero-order valence-corrected chi connectivity index (χ0v) is 21.8. The standard InChI is InChI=1S/C24H28N4O5S2/c1-5-28-17(13-16-11-9-8-10-12-16)26-27-24(28)34-14-18(29)25-21-19(22(30)32-6-2)15(4)20(35-21)23(31)33-7-3/h8-12H,5-7,13-14H2,1-4H3,(H,25,29). The SMILES string of the molecule is CCOC(=O)c1sc(NC(=O)CSc2nnc(Cc3ccccc3)n2CC)c(C(=O)OCC)c1C. The van der Waals surface area contributed by atoms with E-state index in [1.54, 1.807) is 20.8 Å². The van der Waals surface area contributed by atoms with Crippen LogP contribution in [0.1, 0.15) is 57.8 Å². The number of anilines is 1. The minimum absolute atomic E-state index is 0.0530. The van der Waals surface area contributed by atoms with Crippen molar-refractivity contribution >= 4 is 45.9 Å². The van der Waals surface area contributed by atoms with Crippen LogP contribution in [0.15, 0.2) is 35.5 Å². The van der Waals surface area contributed by atoms with Gasteiger partial charge in [-0.1, -0.05) is 42.1 Å². The highest BCUT2D eigenvalue weighted by atomic mass is 32.2. The van der Waals surface area contributed by atoms with Gasteiger partial charge in [-0.2, -0.15) is 0 Å². The van der Waals surface area contributed by atoms with Crippen LogP contribution in [0.5, 0.6) is 0 Å². The lowest BCUT2D eigenvalue weighted by Crippen LogP contribution is -2.17. The molecular formula is C24H28N4O5S2. The highest BCUT2D eigenvalue weighted by Gasteiger charge is 2.27. The van der Waals surface area contributed by atoms with Gasteiger partial charge in [-0.25, -0.2) is 9.59 Å². The molecule has 0 aliphatic heterocycles. The van der Waals surface area contributed by atoms with Crippen LogP contribution in [0.25, 0.3) is 0 Å². The lowest BCUT2D eigenvalue weighted by molar-refractivity contribution is -0.113. The predicted octanol–water partition coefficient (Wildman–Crippen LogP) is 4.34. The third-order valence-corrected chi connectivity index (χ3v) is 7.14. The van der Waals surface area contributed by atoms with E-state index in [2.05, 4.69) is 15.5 Å². The molecule has 0 aliphatic carbocycles. The molecule has 11 heteroatoms. The Morgan fingerprint density at radius 3 is 2.37 bits per heavy atom. The molecule has 1 aromatic carbocycles. The number of amides is 1. The number of rotatable bonds is 11. The first-order chi connectivity index (χ1) is 16.9. The third kappa shape index (κ3) is 6.49. The van der Waals surface area contributed by atoms with Crippen molar-refractivity contribution in [1.82, 2.24) is 14.8 Å². The fraction of sp³-hybridized carbons (Fsp3) is 0.375. The zero-order valence-electron chi connectivity index (χ0n) is 20.1. The van der Waals surface area contributed by atoms with Crippen molar-refractivity contribution < 1.29 is 23.9 Å². The molecule has 1 N–H and O–H groups in total. The molecule has 0 saturated carbocycles. The minimum atomic E-state index is -0.601. The minimum Gasteiger partial charge on any atom is -0.462 e. The maximum atomic E-state index is 12.8. The summed E-state index contributed by atoms with van der Waals surface area (Å²) < 4.78 is 12.2. The molecule has 1 amide bonds. The van der Waals surface area contributed by atoms with E-state index in [-0.39, 0.29) is 40.3 Å². The van der Waals surface area contributed by atoms with Crippen LogP contribution in [0.4, 0.5) is 5.00 Å². The first-order valence-electron chi connectivity index (χ1n) is 11.3. The Morgan fingerprint density at radius 1 is 1.03 bits per heavy atom. The van der Waals surface area contributed by atoms with Gasteiger partial charge in [0.15, 0.2) is 5.16 Å². The van der Waals surface area contributed by atoms with E-state index in [0.29, 0.717) is 23.7 Å². The summed E-state index contributed by atoms with van der Waals surface area (Å²) in [6.07, 6.45) is 0.641. The summed E-state index contributed by atoms with van der Waals surface area (Å²) in [5.41, 5.74) is 1.71. The van der Waals surface area contributed by atoms with E-state index in [1.165, 1.54) is 11.8 Å². The Hall–Kier alpha value is -3.18. The van der Waals surface area contributed by atoms with Crippen molar-refractivity contribution in [3.8, 4) is 0 Å². The monoisotopic (exact) mass is 516 g/mol. The largest absolute Gasteiger partial charge is 0.462 e. The number of carbonyl (C=O) groups excluding carboxylic acids is 3. The van der Waals surface area contributed by atoms with Crippen molar-refractivity contribution in [2.75, 3.05) is 24.3 Å². The summed E-state index contributed by atoms with van der Waals surface area (Å²) in [5.74, 6) is -0.614. The molecule has 3 rings (SSSR count). The van der Waals surface area contributed by atoms with Gasteiger partial charge in [0.25, 0.3) is 0 Å². The van der Waals surface area contributed by atoms with Crippen molar-refractivity contribution in [3.05, 3.63) is 57.7 Å².